The predicted octanol–water partition coefficient (Wildman–Crippen LogP) is 2.23. The molecule has 0 radical (unpaired) electrons. The summed E-state index contributed by atoms with van der Waals surface area (Å²) in [6.07, 6.45) is 2.02. The van der Waals surface area contributed by atoms with Crippen molar-refractivity contribution in [2.24, 2.45) is 10.7 Å². The number of aryl methyl sites for hydroxylation is 3. The molecule has 10 heteroatoms. The number of amides is 3. The molecule has 1 heterocycles. The molecule has 0 aliphatic carbocycles. The Labute approximate surface area is 165 Å². The first kappa shape index (κ1) is 21.0. The largest absolute Gasteiger partial charge is 0.465 e. The Morgan fingerprint density at radius 1 is 1.21 bits per heavy atom. The molecule has 0 bridgehead atoms. The van der Waals surface area contributed by atoms with Crippen molar-refractivity contribution in [1.29, 1.82) is 0 Å². The average Bonchev–Trinajstić information content (AvgIpc) is 3.00. The van der Waals surface area contributed by atoms with E-state index >= 15 is 0 Å². The van der Waals surface area contributed by atoms with Crippen LogP contribution < -0.4 is 16.4 Å². The van der Waals surface area contributed by atoms with Crippen molar-refractivity contribution < 1.29 is 19.5 Å². The molecule has 3 amide bonds. The van der Waals surface area contributed by atoms with Gasteiger partial charge in [0.05, 0.1) is 17.7 Å². The summed E-state index contributed by atoms with van der Waals surface area (Å²) in [5.41, 5.74) is 7.75. The van der Waals surface area contributed by atoms with E-state index in [0.717, 1.165) is 22.5 Å². The number of aliphatic imine (C=N–C) groups is 1. The molecule has 28 heavy (non-hydrogen) atoms. The number of nitrogens with one attached hydrogen (secondary N) is 2. The van der Waals surface area contributed by atoms with E-state index < -0.39 is 6.09 Å². The first-order valence-electron chi connectivity index (χ1n) is 8.49. The molecule has 0 spiro atoms. The van der Waals surface area contributed by atoms with E-state index in [1.165, 1.54) is 18.3 Å². The fourth-order valence-corrected chi connectivity index (χ4v) is 3.44. The lowest BCUT2D eigenvalue weighted by Crippen LogP contribution is -2.17. The fraction of sp³-hybridized carbons (Fsp3) is 0.278. The maximum atomic E-state index is 11.3. The average molecular weight is 403 g/mol. The van der Waals surface area contributed by atoms with E-state index in [-0.39, 0.29) is 18.2 Å². The second-order valence-corrected chi connectivity index (χ2v) is 6.99. The number of anilines is 1. The molecular weight excluding hydrogens is 382 g/mol. The first-order valence-corrected chi connectivity index (χ1v) is 9.30. The van der Waals surface area contributed by atoms with Crippen molar-refractivity contribution in [2.45, 2.75) is 32.6 Å². The molecule has 0 unspecified atom stereocenters. The normalized spacial score (nSPS) is 10.8. The number of carboxylic acid groups (broad SMARTS) is 1. The molecule has 1 aromatic heterocycles. The number of hydrogen-bond donors (Lipinski definition) is 4. The summed E-state index contributed by atoms with van der Waals surface area (Å²) in [4.78, 5) is 42.1. The quantitative estimate of drug-likeness (QED) is 0.374. The molecule has 9 nitrogen and oxygen atoms in total. The molecular formula is C18H21N5O4S. The van der Waals surface area contributed by atoms with Crippen LogP contribution in [0.1, 0.15) is 29.5 Å². The highest BCUT2D eigenvalue weighted by Crippen LogP contribution is 2.26. The minimum absolute atomic E-state index is 0.199. The van der Waals surface area contributed by atoms with Gasteiger partial charge < -0.3 is 16.2 Å². The maximum absolute atomic E-state index is 11.3. The summed E-state index contributed by atoms with van der Waals surface area (Å²) in [5, 5.41) is 13.7. The van der Waals surface area contributed by atoms with Gasteiger partial charge in [-0.05, 0) is 37.0 Å². The molecule has 2 aromatic rings. The van der Waals surface area contributed by atoms with Gasteiger partial charge in [-0.2, -0.15) is 0 Å². The second kappa shape index (κ2) is 10.2. The highest BCUT2D eigenvalue weighted by atomic mass is 32.1. The summed E-state index contributed by atoms with van der Waals surface area (Å²) in [6.45, 7) is 1.42. The van der Waals surface area contributed by atoms with Gasteiger partial charge in [-0.3, -0.25) is 14.9 Å². The van der Waals surface area contributed by atoms with E-state index in [0.29, 0.717) is 30.1 Å². The lowest BCUT2D eigenvalue weighted by Gasteiger charge is -2.03. The molecule has 0 saturated carbocycles. The zero-order valence-electron chi connectivity index (χ0n) is 15.3. The summed E-state index contributed by atoms with van der Waals surface area (Å²) in [5.74, 6) is -0.579. The third kappa shape index (κ3) is 7.16. The second-order valence-electron chi connectivity index (χ2n) is 5.91. The highest BCUT2D eigenvalue weighted by molar-refractivity contribution is 7.15. The van der Waals surface area contributed by atoms with E-state index in [2.05, 4.69) is 20.6 Å². The van der Waals surface area contributed by atoms with Gasteiger partial charge >= 0.3 is 6.09 Å². The standard InChI is InChI=1S/C18H21N5O4S/c1-11(24)22-17-23-14(15(28-17)8-9-16(19)25)7-4-12-2-5-13(6-3-12)20-10-21-18(26)27/h2-3,5-6,10H,4,7-9H2,1H3,(H2,19,25)(H,20,21)(H,26,27)(H,22,23,24). The summed E-state index contributed by atoms with van der Waals surface area (Å²) < 4.78 is 0. The van der Waals surface area contributed by atoms with Gasteiger partial charge in [0.25, 0.3) is 0 Å². The number of primary amides is 1. The maximum Gasteiger partial charge on any atom is 0.409 e. The Morgan fingerprint density at radius 2 is 1.93 bits per heavy atom. The topological polar surface area (TPSA) is 147 Å². The zero-order chi connectivity index (χ0) is 20.5. The van der Waals surface area contributed by atoms with Crippen LogP contribution in [-0.4, -0.2) is 34.3 Å². The van der Waals surface area contributed by atoms with Crippen molar-refractivity contribution >= 4 is 46.4 Å². The van der Waals surface area contributed by atoms with Crippen molar-refractivity contribution in [3.63, 3.8) is 0 Å². The molecule has 0 saturated heterocycles. The Morgan fingerprint density at radius 3 is 2.54 bits per heavy atom. The number of thiazole rings is 1. The lowest BCUT2D eigenvalue weighted by molar-refractivity contribution is -0.118. The van der Waals surface area contributed by atoms with Crippen LogP contribution in [0.3, 0.4) is 0 Å². The van der Waals surface area contributed by atoms with Crippen LogP contribution in [-0.2, 0) is 28.9 Å². The van der Waals surface area contributed by atoms with E-state index in [1.54, 1.807) is 12.1 Å². The molecule has 5 N–H and O–H groups in total. The minimum Gasteiger partial charge on any atom is -0.465 e. The smallest absolute Gasteiger partial charge is 0.409 e. The number of rotatable bonds is 9. The molecule has 0 aliphatic heterocycles. The number of nitrogens with two attached hydrogens (primary N) is 1. The SMILES string of the molecule is CC(=O)Nc1nc(CCc2ccc(N=CNC(=O)O)cc2)c(CCC(N)=O)s1. The molecule has 1 aromatic carbocycles. The molecule has 0 fully saturated rings. The van der Waals surface area contributed by atoms with Gasteiger partial charge in [-0.1, -0.05) is 12.1 Å². The van der Waals surface area contributed by atoms with Gasteiger partial charge in [0, 0.05) is 18.2 Å². The first-order chi connectivity index (χ1) is 13.3. The number of nitrogens with zero attached hydrogens (tertiary/aromatic N) is 2. The highest BCUT2D eigenvalue weighted by Gasteiger charge is 2.13. The van der Waals surface area contributed by atoms with Crippen LogP contribution in [0.5, 0.6) is 0 Å². The van der Waals surface area contributed by atoms with Crippen molar-refractivity contribution in [2.75, 3.05) is 5.32 Å². The number of carbonyl (C=O) groups is 3. The van der Waals surface area contributed by atoms with E-state index in [1.807, 2.05) is 12.1 Å². The number of carbonyl (C=O) groups excluding carboxylic acids is 2. The number of hydrogen-bond acceptors (Lipinski definition) is 6. The molecule has 2 rings (SSSR count). The summed E-state index contributed by atoms with van der Waals surface area (Å²) in [7, 11) is 0. The third-order valence-corrected chi connectivity index (χ3v) is 4.72. The van der Waals surface area contributed by atoms with Gasteiger partial charge in [-0.15, -0.1) is 11.3 Å². The van der Waals surface area contributed by atoms with Gasteiger partial charge in [0.15, 0.2) is 5.13 Å². The van der Waals surface area contributed by atoms with E-state index in [4.69, 9.17) is 10.8 Å². The van der Waals surface area contributed by atoms with Gasteiger partial charge in [-0.25, -0.2) is 14.8 Å². The number of aromatic nitrogens is 1. The Kier molecular flexibility index (Phi) is 7.64. The fourth-order valence-electron chi connectivity index (χ4n) is 2.39. The monoisotopic (exact) mass is 403 g/mol. The molecule has 0 aliphatic rings. The van der Waals surface area contributed by atoms with Crippen molar-refractivity contribution in [1.82, 2.24) is 10.3 Å². The van der Waals surface area contributed by atoms with Crippen LogP contribution in [0.25, 0.3) is 0 Å². The Balaban J connectivity index is 2.02. The molecule has 148 valence electrons. The van der Waals surface area contributed by atoms with Crippen molar-refractivity contribution in [3.05, 3.63) is 40.4 Å². The van der Waals surface area contributed by atoms with Crippen LogP contribution in [0.15, 0.2) is 29.3 Å². The predicted molar refractivity (Wildman–Crippen MR) is 107 cm³/mol. The van der Waals surface area contributed by atoms with E-state index in [9.17, 15) is 14.4 Å². The van der Waals surface area contributed by atoms with Crippen LogP contribution in [0.4, 0.5) is 15.6 Å². The lowest BCUT2D eigenvalue weighted by atomic mass is 10.1. The Hall–Kier alpha value is -3.27. The third-order valence-electron chi connectivity index (χ3n) is 3.65. The molecule has 0 atom stereocenters. The minimum atomic E-state index is -1.17. The van der Waals surface area contributed by atoms with Gasteiger partial charge in [0.2, 0.25) is 11.8 Å². The Bertz CT molecular complexity index is 877. The van der Waals surface area contributed by atoms with Gasteiger partial charge in [0.1, 0.15) is 0 Å². The summed E-state index contributed by atoms with van der Waals surface area (Å²) in [6, 6.07) is 7.37. The van der Waals surface area contributed by atoms with Crippen molar-refractivity contribution in [3.8, 4) is 0 Å². The van der Waals surface area contributed by atoms with Crippen LogP contribution in [0, 0.1) is 0 Å². The zero-order valence-corrected chi connectivity index (χ0v) is 16.1. The number of benzene rings is 1. The van der Waals surface area contributed by atoms with Crippen LogP contribution >= 0.6 is 11.3 Å². The van der Waals surface area contributed by atoms with Crippen LogP contribution in [0.2, 0.25) is 0 Å². The summed E-state index contributed by atoms with van der Waals surface area (Å²) >= 11 is 1.35.